The second-order valence-electron chi connectivity index (χ2n) is 5.33. The minimum absolute atomic E-state index is 0.330. The molecule has 0 atom stereocenters. The maximum absolute atomic E-state index is 6.26. The molecule has 0 aromatic carbocycles. The van der Waals surface area contributed by atoms with Crippen LogP contribution in [0.15, 0.2) is 0 Å². The Balaban J connectivity index is 2.28. The van der Waals surface area contributed by atoms with Crippen LogP contribution in [0.5, 0.6) is 0 Å². The van der Waals surface area contributed by atoms with E-state index in [1.807, 2.05) is 4.68 Å². The zero-order valence-electron chi connectivity index (χ0n) is 10.7. The number of nitrogens with zero attached hydrogens (tertiary/aromatic N) is 2. The van der Waals surface area contributed by atoms with Crippen molar-refractivity contribution in [2.45, 2.75) is 64.3 Å². The fraction of sp³-hybridized carbons (Fsp3) is 0.769. The Morgan fingerprint density at radius 2 is 1.82 bits per heavy atom. The van der Waals surface area contributed by atoms with Crippen molar-refractivity contribution in [2.24, 2.45) is 0 Å². The van der Waals surface area contributed by atoms with Crippen molar-refractivity contribution in [3.63, 3.8) is 0 Å². The van der Waals surface area contributed by atoms with Crippen molar-refractivity contribution in [2.75, 3.05) is 5.73 Å². The largest absolute Gasteiger partial charge is 0.383 e. The Bertz CT molecular complexity index is 376. The summed E-state index contributed by atoms with van der Waals surface area (Å²) in [5, 5.41) is 5.29. The third-order valence-corrected chi connectivity index (χ3v) is 4.02. The summed E-state index contributed by atoms with van der Waals surface area (Å²) < 4.78 is 1.98. The summed E-state index contributed by atoms with van der Waals surface area (Å²) in [4.78, 5) is 0. The molecule has 1 aromatic rings. The van der Waals surface area contributed by atoms with Gasteiger partial charge in [0.1, 0.15) is 10.8 Å². The molecule has 0 radical (unpaired) electrons. The highest BCUT2D eigenvalue weighted by Gasteiger charge is 2.22. The van der Waals surface area contributed by atoms with Crippen LogP contribution in [0.3, 0.4) is 0 Å². The molecule has 1 aliphatic rings. The topological polar surface area (TPSA) is 43.8 Å². The highest BCUT2D eigenvalue weighted by atomic mass is 35.5. The van der Waals surface area contributed by atoms with Gasteiger partial charge in [-0.2, -0.15) is 5.10 Å². The van der Waals surface area contributed by atoms with Crippen LogP contribution in [-0.2, 0) is 0 Å². The Hall–Kier alpha value is -0.700. The van der Waals surface area contributed by atoms with E-state index in [4.69, 9.17) is 17.3 Å². The molecule has 2 rings (SSSR count). The van der Waals surface area contributed by atoms with Crippen LogP contribution in [0.2, 0.25) is 5.02 Å². The van der Waals surface area contributed by atoms with Crippen molar-refractivity contribution < 1.29 is 0 Å². The fourth-order valence-corrected chi connectivity index (χ4v) is 2.94. The van der Waals surface area contributed by atoms with Crippen LogP contribution >= 0.6 is 11.6 Å². The fourth-order valence-electron chi connectivity index (χ4n) is 2.60. The number of nitrogens with two attached hydrogens (primary N) is 1. The summed E-state index contributed by atoms with van der Waals surface area (Å²) in [5.41, 5.74) is 7.03. The molecule has 1 saturated carbocycles. The maximum atomic E-state index is 6.26. The van der Waals surface area contributed by atoms with Gasteiger partial charge < -0.3 is 5.73 Å². The molecule has 0 amide bonds. The van der Waals surface area contributed by atoms with E-state index in [1.165, 1.54) is 38.5 Å². The standard InChI is InChI=1S/C13H22ClN3/c1-9(2)12-11(14)13(15)17(16-12)10-7-5-3-4-6-8-10/h9-10H,3-8,15H2,1-2H3. The highest BCUT2D eigenvalue weighted by molar-refractivity contribution is 6.33. The molecule has 3 nitrogen and oxygen atoms in total. The van der Waals surface area contributed by atoms with Crippen LogP contribution in [-0.4, -0.2) is 9.78 Å². The van der Waals surface area contributed by atoms with E-state index >= 15 is 0 Å². The third kappa shape index (κ3) is 2.59. The summed E-state index contributed by atoms with van der Waals surface area (Å²) >= 11 is 6.26. The van der Waals surface area contributed by atoms with Crippen LogP contribution in [0.25, 0.3) is 0 Å². The molecule has 0 bridgehead atoms. The number of hydrogen-bond donors (Lipinski definition) is 1. The number of anilines is 1. The molecule has 4 heteroatoms. The van der Waals surface area contributed by atoms with Gasteiger partial charge in [0.05, 0.1) is 11.7 Å². The van der Waals surface area contributed by atoms with Gasteiger partial charge in [0.15, 0.2) is 0 Å². The van der Waals surface area contributed by atoms with E-state index in [0.717, 1.165) is 5.69 Å². The molecule has 0 spiro atoms. The van der Waals surface area contributed by atoms with Crippen molar-refractivity contribution in [3.05, 3.63) is 10.7 Å². The predicted molar refractivity (Wildman–Crippen MR) is 72.5 cm³/mol. The lowest BCUT2D eigenvalue weighted by molar-refractivity contribution is 0.407. The molecule has 1 aliphatic carbocycles. The molecule has 1 fully saturated rings. The second kappa shape index (κ2) is 5.30. The van der Waals surface area contributed by atoms with Crippen LogP contribution in [0, 0.1) is 0 Å². The first-order valence-corrected chi connectivity index (χ1v) is 7.02. The van der Waals surface area contributed by atoms with Crippen molar-refractivity contribution in [3.8, 4) is 0 Å². The van der Waals surface area contributed by atoms with Gasteiger partial charge in [0, 0.05) is 0 Å². The molecule has 0 aliphatic heterocycles. The second-order valence-corrected chi connectivity index (χ2v) is 5.71. The number of rotatable bonds is 2. The lowest BCUT2D eigenvalue weighted by Gasteiger charge is -2.16. The van der Waals surface area contributed by atoms with Crippen LogP contribution in [0.1, 0.15) is 70.0 Å². The van der Waals surface area contributed by atoms with Gasteiger partial charge in [-0.05, 0) is 18.8 Å². The zero-order chi connectivity index (χ0) is 12.4. The summed E-state index contributed by atoms with van der Waals surface area (Å²) in [6.07, 6.45) is 7.58. The van der Waals surface area contributed by atoms with E-state index in [1.54, 1.807) is 0 Å². The minimum atomic E-state index is 0.330. The average Bonchev–Trinajstić information content (AvgIpc) is 2.52. The molecule has 96 valence electrons. The predicted octanol–water partition coefficient (Wildman–Crippen LogP) is 4.14. The Morgan fingerprint density at radius 3 is 2.29 bits per heavy atom. The monoisotopic (exact) mass is 255 g/mol. The van der Waals surface area contributed by atoms with E-state index in [-0.39, 0.29) is 0 Å². The van der Waals surface area contributed by atoms with Gasteiger partial charge in [0.2, 0.25) is 0 Å². The smallest absolute Gasteiger partial charge is 0.141 e. The van der Waals surface area contributed by atoms with Gasteiger partial charge in [-0.25, -0.2) is 4.68 Å². The minimum Gasteiger partial charge on any atom is -0.383 e. The van der Waals surface area contributed by atoms with Gasteiger partial charge in [-0.3, -0.25) is 0 Å². The number of aromatic nitrogens is 2. The first-order chi connectivity index (χ1) is 8.11. The molecular weight excluding hydrogens is 234 g/mol. The Kier molecular flexibility index (Phi) is 3.97. The first-order valence-electron chi connectivity index (χ1n) is 6.64. The van der Waals surface area contributed by atoms with E-state index in [0.29, 0.717) is 22.8 Å². The molecule has 0 unspecified atom stereocenters. The maximum Gasteiger partial charge on any atom is 0.141 e. The van der Waals surface area contributed by atoms with Crippen molar-refractivity contribution in [1.82, 2.24) is 9.78 Å². The number of halogens is 1. The van der Waals surface area contributed by atoms with Gasteiger partial charge in [-0.1, -0.05) is 51.1 Å². The van der Waals surface area contributed by atoms with Crippen molar-refractivity contribution in [1.29, 1.82) is 0 Å². The summed E-state index contributed by atoms with van der Waals surface area (Å²) in [7, 11) is 0. The average molecular weight is 256 g/mol. The van der Waals surface area contributed by atoms with E-state index in [2.05, 4.69) is 18.9 Å². The van der Waals surface area contributed by atoms with E-state index in [9.17, 15) is 0 Å². The molecular formula is C13H22ClN3. The lowest BCUT2D eigenvalue weighted by atomic mass is 10.1. The van der Waals surface area contributed by atoms with Crippen LogP contribution < -0.4 is 5.73 Å². The third-order valence-electron chi connectivity index (χ3n) is 3.63. The lowest BCUT2D eigenvalue weighted by Crippen LogP contribution is -2.13. The quantitative estimate of drug-likeness (QED) is 0.808. The summed E-state index contributed by atoms with van der Waals surface area (Å²) in [6.45, 7) is 4.20. The molecule has 2 N–H and O–H groups in total. The van der Waals surface area contributed by atoms with Crippen LogP contribution in [0.4, 0.5) is 5.82 Å². The number of nitrogen functional groups attached to an aromatic ring is 1. The normalized spacial score (nSPS) is 18.6. The summed E-state index contributed by atoms with van der Waals surface area (Å²) in [5.74, 6) is 0.985. The first kappa shape index (κ1) is 12.7. The zero-order valence-corrected chi connectivity index (χ0v) is 11.5. The van der Waals surface area contributed by atoms with Gasteiger partial charge >= 0.3 is 0 Å². The van der Waals surface area contributed by atoms with Crippen molar-refractivity contribution >= 4 is 17.4 Å². The Labute approximate surface area is 108 Å². The number of hydrogen-bond acceptors (Lipinski definition) is 2. The molecule has 0 saturated heterocycles. The summed E-state index contributed by atoms with van der Waals surface area (Å²) in [6, 6.07) is 0.447. The molecule has 17 heavy (non-hydrogen) atoms. The molecule has 1 heterocycles. The Morgan fingerprint density at radius 1 is 1.24 bits per heavy atom. The molecule has 1 aromatic heterocycles. The SMILES string of the molecule is CC(C)c1nn(C2CCCCCC2)c(N)c1Cl. The van der Waals surface area contributed by atoms with Gasteiger partial charge in [0.25, 0.3) is 0 Å². The van der Waals surface area contributed by atoms with Gasteiger partial charge in [-0.15, -0.1) is 0 Å². The van der Waals surface area contributed by atoms with E-state index < -0.39 is 0 Å². The highest BCUT2D eigenvalue weighted by Crippen LogP contribution is 2.34.